The largest absolute Gasteiger partial charge is 0.368 e. The van der Waals surface area contributed by atoms with Gasteiger partial charge in [0.05, 0.1) is 17.1 Å². The quantitative estimate of drug-likeness (QED) is 0.856. The van der Waals surface area contributed by atoms with E-state index in [2.05, 4.69) is 0 Å². The maximum atomic E-state index is 13.1. The van der Waals surface area contributed by atoms with E-state index in [1.54, 1.807) is 10.4 Å². The molecule has 2 unspecified atom stereocenters. The topological polar surface area (TPSA) is 46.6 Å². The van der Waals surface area contributed by atoms with Crippen molar-refractivity contribution in [3.05, 3.63) is 65.2 Å². The van der Waals surface area contributed by atoms with E-state index in [1.807, 2.05) is 63.2 Å². The molecule has 1 fully saturated rings. The predicted molar refractivity (Wildman–Crippen MR) is 94.4 cm³/mol. The Morgan fingerprint density at radius 3 is 2.42 bits per heavy atom. The van der Waals surface area contributed by atoms with E-state index in [4.69, 9.17) is 4.74 Å². The van der Waals surface area contributed by atoms with Crippen molar-refractivity contribution < 1.29 is 13.2 Å². The molecular formula is C19H23NO3S. The third-order valence-corrected chi connectivity index (χ3v) is 6.34. The molecule has 0 aromatic heterocycles. The highest BCUT2D eigenvalue weighted by Gasteiger charge is 2.35. The summed E-state index contributed by atoms with van der Waals surface area (Å²) in [6.45, 7) is 6.44. The molecule has 1 aliphatic rings. The van der Waals surface area contributed by atoms with Gasteiger partial charge in [-0.15, -0.1) is 0 Å². The van der Waals surface area contributed by atoms with Gasteiger partial charge in [-0.2, -0.15) is 4.31 Å². The summed E-state index contributed by atoms with van der Waals surface area (Å²) in [4.78, 5) is 0.383. The van der Waals surface area contributed by atoms with Gasteiger partial charge in [-0.1, -0.05) is 48.0 Å². The molecule has 0 amide bonds. The predicted octanol–water partition coefficient (Wildman–Crippen LogP) is 3.45. The van der Waals surface area contributed by atoms with Crippen LogP contribution in [0.3, 0.4) is 0 Å². The molecule has 5 heteroatoms. The van der Waals surface area contributed by atoms with E-state index < -0.39 is 10.0 Å². The van der Waals surface area contributed by atoms with Crippen molar-refractivity contribution in [2.75, 3.05) is 13.1 Å². The van der Waals surface area contributed by atoms with Crippen LogP contribution in [0.15, 0.2) is 53.4 Å². The highest BCUT2D eigenvalue weighted by molar-refractivity contribution is 7.89. The Balaban J connectivity index is 1.92. The molecular weight excluding hydrogens is 322 g/mol. The molecule has 2 atom stereocenters. The van der Waals surface area contributed by atoms with Crippen LogP contribution in [-0.4, -0.2) is 31.9 Å². The summed E-state index contributed by atoms with van der Waals surface area (Å²) in [5.74, 6) is 0. The van der Waals surface area contributed by atoms with Crippen molar-refractivity contribution >= 4 is 10.0 Å². The number of aryl methyl sites for hydroxylation is 2. The second kappa shape index (κ2) is 6.67. The summed E-state index contributed by atoms with van der Waals surface area (Å²) in [7, 11) is -3.53. The molecule has 3 rings (SSSR count). The van der Waals surface area contributed by atoms with E-state index in [9.17, 15) is 8.42 Å². The van der Waals surface area contributed by atoms with Crippen LogP contribution in [0.25, 0.3) is 0 Å². The fourth-order valence-corrected chi connectivity index (χ4v) is 4.91. The SMILES string of the molecule is Cc1ccc(S(=O)(=O)N2CC(C)OC(c3ccccc3)C2)c(C)c1. The second-order valence-corrected chi connectivity index (χ2v) is 8.34. The summed E-state index contributed by atoms with van der Waals surface area (Å²) in [6.07, 6.45) is -0.389. The fourth-order valence-electron chi connectivity index (χ4n) is 3.19. The van der Waals surface area contributed by atoms with E-state index in [0.29, 0.717) is 18.0 Å². The number of hydrogen-bond donors (Lipinski definition) is 0. The minimum Gasteiger partial charge on any atom is -0.368 e. The van der Waals surface area contributed by atoms with Crippen molar-refractivity contribution in [3.63, 3.8) is 0 Å². The number of morpholine rings is 1. The molecule has 2 aromatic rings. The first kappa shape index (κ1) is 17.1. The Bertz CT molecular complexity index is 818. The first-order chi connectivity index (χ1) is 11.4. The zero-order valence-corrected chi connectivity index (χ0v) is 15.1. The second-order valence-electron chi connectivity index (χ2n) is 6.44. The van der Waals surface area contributed by atoms with Crippen LogP contribution in [-0.2, 0) is 14.8 Å². The molecule has 0 saturated carbocycles. The van der Waals surface area contributed by atoms with Gasteiger partial charge < -0.3 is 4.74 Å². The number of sulfonamides is 1. The lowest BCUT2D eigenvalue weighted by molar-refractivity contribution is -0.0557. The number of ether oxygens (including phenoxy) is 1. The molecule has 128 valence electrons. The molecule has 0 aliphatic carbocycles. The normalized spacial score (nSPS) is 22.5. The molecule has 1 heterocycles. The molecule has 0 spiro atoms. The molecule has 1 saturated heterocycles. The lowest BCUT2D eigenvalue weighted by Crippen LogP contribution is -2.46. The lowest BCUT2D eigenvalue weighted by Gasteiger charge is -2.36. The summed E-state index contributed by atoms with van der Waals surface area (Å²) in [5, 5.41) is 0. The summed E-state index contributed by atoms with van der Waals surface area (Å²) >= 11 is 0. The molecule has 24 heavy (non-hydrogen) atoms. The van der Waals surface area contributed by atoms with Crippen molar-refractivity contribution in [1.29, 1.82) is 0 Å². The van der Waals surface area contributed by atoms with Gasteiger partial charge in [0.1, 0.15) is 0 Å². The molecule has 0 N–H and O–H groups in total. The molecule has 0 bridgehead atoms. The van der Waals surface area contributed by atoms with E-state index >= 15 is 0 Å². The Morgan fingerprint density at radius 1 is 1.04 bits per heavy atom. The molecule has 4 nitrogen and oxygen atoms in total. The van der Waals surface area contributed by atoms with E-state index in [-0.39, 0.29) is 12.2 Å². The van der Waals surface area contributed by atoms with Gasteiger partial charge in [-0.05, 0) is 38.0 Å². The first-order valence-corrected chi connectivity index (χ1v) is 9.60. The van der Waals surface area contributed by atoms with E-state index in [0.717, 1.165) is 16.7 Å². The Morgan fingerprint density at radius 2 is 1.75 bits per heavy atom. The smallest absolute Gasteiger partial charge is 0.243 e. The minimum absolute atomic E-state index is 0.149. The number of nitrogens with zero attached hydrogens (tertiary/aromatic N) is 1. The summed E-state index contributed by atoms with van der Waals surface area (Å²) in [6, 6.07) is 15.2. The number of hydrogen-bond acceptors (Lipinski definition) is 3. The van der Waals surface area contributed by atoms with Gasteiger partial charge in [-0.3, -0.25) is 0 Å². The van der Waals surface area contributed by atoms with Crippen LogP contribution >= 0.6 is 0 Å². The molecule has 1 aliphatic heterocycles. The van der Waals surface area contributed by atoms with Crippen LogP contribution in [0.4, 0.5) is 0 Å². The van der Waals surface area contributed by atoms with Gasteiger partial charge in [0.15, 0.2) is 0 Å². The Hall–Kier alpha value is -1.69. The summed E-state index contributed by atoms with van der Waals surface area (Å²) in [5.41, 5.74) is 2.85. The van der Waals surface area contributed by atoms with Gasteiger partial charge in [0.25, 0.3) is 0 Å². The minimum atomic E-state index is -3.53. The van der Waals surface area contributed by atoms with Crippen molar-refractivity contribution in [1.82, 2.24) is 4.31 Å². The zero-order valence-electron chi connectivity index (χ0n) is 14.3. The Labute approximate surface area is 144 Å². The van der Waals surface area contributed by atoms with Crippen LogP contribution in [0.1, 0.15) is 29.7 Å². The highest BCUT2D eigenvalue weighted by Crippen LogP contribution is 2.30. The van der Waals surface area contributed by atoms with Crippen LogP contribution in [0.5, 0.6) is 0 Å². The van der Waals surface area contributed by atoms with Crippen molar-refractivity contribution in [2.24, 2.45) is 0 Å². The van der Waals surface area contributed by atoms with Gasteiger partial charge in [0, 0.05) is 13.1 Å². The van der Waals surface area contributed by atoms with Gasteiger partial charge >= 0.3 is 0 Å². The third-order valence-electron chi connectivity index (χ3n) is 4.35. The molecule has 2 aromatic carbocycles. The van der Waals surface area contributed by atoms with Crippen LogP contribution in [0.2, 0.25) is 0 Å². The van der Waals surface area contributed by atoms with Gasteiger partial charge in [-0.25, -0.2) is 8.42 Å². The Kier molecular flexibility index (Phi) is 4.76. The third kappa shape index (κ3) is 3.38. The van der Waals surface area contributed by atoms with Crippen molar-refractivity contribution in [2.45, 2.75) is 37.9 Å². The average molecular weight is 345 g/mol. The van der Waals surface area contributed by atoms with Crippen LogP contribution in [0, 0.1) is 13.8 Å². The van der Waals surface area contributed by atoms with Gasteiger partial charge in [0.2, 0.25) is 10.0 Å². The standard InChI is InChI=1S/C19H23NO3S/c1-14-9-10-19(15(2)11-14)24(21,22)20-12-16(3)23-18(13-20)17-7-5-4-6-8-17/h4-11,16,18H,12-13H2,1-3H3. The van der Waals surface area contributed by atoms with Crippen molar-refractivity contribution in [3.8, 4) is 0 Å². The molecule has 0 radical (unpaired) electrons. The first-order valence-electron chi connectivity index (χ1n) is 8.16. The highest BCUT2D eigenvalue weighted by atomic mass is 32.2. The maximum Gasteiger partial charge on any atom is 0.243 e. The average Bonchev–Trinajstić information content (AvgIpc) is 2.54. The lowest BCUT2D eigenvalue weighted by atomic mass is 10.1. The monoisotopic (exact) mass is 345 g/mol. The van der Waals surface area contributed by atoms with Crippen LogP contribution < -0.4 is 0 Å². The summed E-state index contributed by atoms with van der Waals surface area (Å²) < 4.78 is 33.8. The number of benzene rings is 2. The maximum absolute atomic E-state index is 13.1. The zero-order chi connectivity index (χ0) is 17.3. The van der Waals surface area contributed by atoms with E-state index in [1.165, 1.54) is 0 Å². The number of rotatable bonds is 3. The fraction of sp³-hybridized carbons (Fsp3) is 0.368.